The molecule has 5 rings (SSSR count). The van der Waals surface area contributed by atoms with Crippen LogP contribution >= 0.6 is 11.3 Å². The minimum Gasteiger partial charge on any atom is -0.298 e. The van der Waals surface area contributed by atoms with E-state index in [0.29, 0.717) is 0 Å². The maximum atomic E-state index is 12.9. The summed E-state index contributed by atoms with van der Waals surface area (Å²) in [6.45, 7) is 7.03. The smallest absolute Gasteiger partial charge is 0.261 e. The number of hydrogen-bond donors (Lipinski definition) is 0. The molecule has 5 heteroatoms. The number of pyridine rings is 1. The highest BCUT2D eigenvalue weighted by Gasteiger charge is 2.21. The van der Waals surface area contributed by atoms with Crippen LogP contribution in [0.5, 0.6) is 0 Å². The molecule has 3 aromatic heterocycles. The van der Waals surface area contributed by atoms with E-state index >= 15 is 0 Å². The van der Waals surface area contributed by atoms with Crippen molar-refractivity contribution in [2.45, 2.75) is 33.2 Å². The molecule has 0 N–H and O–H groups in total. The zero-order valence-electron chi connectivity index (χ0n) is 16.2. The fraction of sp³-hybridized carbons (Fsp3) is 0.304. The van der Waals surface area contributed by atoms with E-state index in [1.807, 2.05) is 36.5 Å². The van der Waals surface area contributed by atoms with Crippen molar-refractivity contribution >= 4 is 27.1 Å². The number of benzene rings is 1. The van der Waals surface area contributed by atoms with Crippen molar-refractivity contribution in [3.8, 4) is 0 Å². The van der Waals surface area contributed by atoms with Gasteiger partial charge in [-0.2, -0.15) is 0 Å². The van der Waals surface area contributed by atoms with Gasteiger partial charge in [0.25, 0.3) is 5.56 Å². The number of hydrogen-bond acceptors (Lipinski definition) is 4. The van der Waals surface area contributed by atoms with Gasteiger partial charge in [-0.05, 0) is 55.8 Å². The summed E-state index contributed by atoms with van der Waals surface area (Å²) in [4.78, 5) is 21.5. The first-order chi connectivity index (χ1) is 13.6. The van der Waals surface area contributed by atoms with Crippen LogP contribution in [0.1, 0.15) is 27.3 Å². The van der Waals surface area contributed by atoms with Gasteiger partial charge in [-0.15, -0.1) is 11.3 Å². The predicted molar refractivity (Wildman–Crippen MR) is 115 cm³/mol. The van der Waals surface area contributed by atoms with E-state index < -0.39 is 0 Å². The zero-order chi connectivity index (χ0) is 19.3. The second-order valence-corrected chi connectivity index (χ2v) is 8.83. The predicted octanol–water partition coefficient (Wildman–Crippen LogP) is 4.13. The molecule has 28 heavy (non-hydrogen) atoms. The van der Waals surface area contributed by atoms with Gasteiger partial charge in [0.1, 0.15) is 5.65 Å². The van der Waals surface area contributed by atoms with Gasteiger partial charge < -0.3 is 0 Å². The number of thiophene rings is 1. The summed E-state index contributed by atoms with van der Waals surface area (Å²) in [5.74, 6) is 0. The van der Waals surface area contributed by atoms with Crippen molar-refractivity contribution in [3.63, 3.8) is 0 Å². The molecule has 0 amide bonds. The second-order valence-electron chi connectivity index (χ2n) is 7.69. The number of rotatable bonds is 3. The number of fused-ring (bicyclic) bond motifs is 4. The Kier molecular flexibility index (Phi) is 4.29. The third-order valence-electron chi connectivity index (χ3n) is 5.78. The molecular weight excluding hydrogens is 366 g/mol. The van der Waals surface area contributed by atoms with E-state index in [2.05, 4.69) is 35.0 Å². The molecule has 4 aromatic rings. The molecule has 0 saturated carbocycles. The molecule has 0 aliphatic carbocycles. The van der Waals surface area contributed by atoms with Crippen LogP contribution in [0.3, 0.4) is 0 Å². The first-order valence-corrected chi connectivity index (χ1v) is 10.6. The van der Waals surface area contributed by atoms with Crippen LogP contribution in [0.15, 0.2) is 47.4 Å². The zero-order valence-corrected chi connectivity index (χ0v) is 17.1. The summed E-state index contributed by atoms with van der Waals surface area (Å²) in [5, 5.41) is 1.41. The van der Waals surface area contributed by atoms with Crippen LogP contribution in [0.25, 0.3) is 15.7 Å². The van der Waals surface area contributed by atoms with Gasteiger partial charge in [0, 0.05) is 46.7 Å². The largest absolute Gasteiger partial charge is 0.298 e. The van der Waals surface area contributed by atoms with Gasteiger partial charge in [-0.1, -0.05) is 23.8 Å². The Morgan fingerprint density at radius 1 is 1.18 bits per heavy atom. The van der Waals surface area contributed by atoms with Crippen molar-refractivity contribution in [2.24, 2.45) is 0 Å². The molecule has 1 aliphatic rings. The maximum Gasteiger partial charge on any atom is 0.261 e. The third-order valence-corrected chi connectivity index (χ3v) is 7.05. The lowest BCUT2D eigenvalue weighted by atomic mass is 10.0. The van der Waals surface area contributed by atoms with Crippen LogP contribution in [0, 0.1) is 13.8 Å². The van der Waals surface area contributed by atoms with Crippen LogP contribution < -0.4 is 5.56 Å². The average molecular weight is 390 g/mol. The van der Waals surface area contributed by atoms with Gasteiger partial charge in [0.2, 0.25) is 0 Å². The number of nitrogens with zero attached hydrogens (tertiary/aromatic N) is 3. The van der Waals surface area contributed by atoms with Crippen LogP contribution in [0.2, 0.25) is 0 Å². The van der Waals surface area contributed by atoms with E-state index in [1.165, 1.54) is 26.1 Å². The van der Waals surface area contributed by atoms with Gasteiger partial charge in [-0.3, -0.25) is 14.1 Å². The van der Waals surface area contributed by atoms with E-state index in [-0.39, 0.29) is 5.56 Å². The molecule has 4 nitrogen and oxygen atoms in total. The highest BCUT2D eigenvalue weighted by molar-refractivity contribution is 7.19. The van der Waals surface area contributed by atoms with Crippen molar-refractivity contribution in [2.75, 3.05) is 13.1 Å². The molecule has 0 spiro atoms. The fourth-order valence-corrected chi connectivity index (χ4v) is 5.42. The van der Waals surface area contributed by atoms with Crippen molar-refractivity contribution < 1.29 is 0 Å². The van der Waals surface area contributed by atoms with E-state index in [1.54, 1.807) is 10.6 Å². The minimum absolute atomic E-state index is 0.0670. The average Bonchev–Trinajstić information content (AvgIpc) is 3.05. The first-order valence-electron chi connectivity index (χ1n) is 9.80. The van der Waals surface area contributed by atoms with Gasteiger partial charge in [0.15, 0.2) is 0 Å². The molecule has 0 saturated heterocycles. The summed E-state index contributed by atoms with van der Waals surface area (Å²) in [5.41, 5.74) is 5.27. The molecule has 142 valence electrons. The normalized spacial score (nSPS) is 14.6. The standard InChI is InChI=1S/C23H23N3OS/c1-15-6-7-20-18(13-15)19-14-25(12-9-21(19)28-20)11-8-17-16(2)24-22-5-3-4-10-26(22)23(17)27/h3-7,10,13H,8-9,11-12,14H2,1-2H3. The van der Waals surface area contributed by atoms with Gasteiger partial charge >= 0.3 is 0 Å². The third kappa shape index (κ3) is 2.95. The van der Waals surface area contributed by atoms with Crippen LogP contribution in [-0.2, 0) is 19.4 Å². The minimum atomic E-state index is 0.0670. The summed E-state index contributed by atoms with van der Waals surface area (Å²) in [6, 6.07) is 12.4. The molecule has 0 fully saturated rings. The molecule has 0 atom stereocenters. The Bertz CT molecular complexity index is 1250. The summed E-state index contributed by atoms with van der Waals surface area (Å²) < 4.78 is 3.05. The summed E-state index contributed by atoms with van der Waals surface area (Å²) in [6.07, 6.45) is 3.65. The Morgan fingerprint density at radius 2 is 2.07 bits per heavy atom. The highest BCUT2D eigenvalue weighted by Crippen LogP contribution is 2.35. The molecule has 4 heterocycles. The molecule has 0 bridgehead atoms. The monoisotopic (exact) mass is 389 g/mol. The lowest BCUT2D eigenvalue weighted by Gasteiger charge is -2.27. The summed E-state index contributed by atoms with van der Waals surface area (Å²) >= 11 is 1.94. The fourth-order valence-electron chi connectivity index (χ4n) is 4.24. The van der Waals surface area contributed by atoms with Crippen molar-refractivity contribution in [3.05, 3.63) is 80.2 Å². The van der Waals surface area contributed by atoms with Crippen LogP contribution in [-0.4, -0.2) is 27.4 Å². The quantitative estimate of drug-likeness (QED) is 0.529. The molecule has 1 aliphatic heterocycles. The Balaban J connectivity index is 1.40. The number of aryl methyl sites for hydroxylation is 2. The maximum absolute atomic E-state index is 12.9. The Labute approximate surface area is 168 Å². The van der Waals surface area contributed by atoms with Crippen molar-refractivity contribution in [1.29, 1.82) is 0 Å². The highest BCUT2D eigenvalue weighted by atomic mass is 32.1. The van der Waals surface area contributed by atoms with E-state index in [4.69, 9.17) is 0 Å². The molecule has 0 radical (unpaired) electrons. The summed E-state index contributed by atoms with van der Waals surface area (Å²) in [7, 11) is 0. The van der Waals surface area contributed by atoms with Crippen molar-refractivity contribution in [1.82, 2.24) is 14.3 Å². The molecule has 0 unspecified atom stereocenters. The number of aromatic nitrogens is 2. The lowest BCUT2D eigenvalue weighted by Crippen LogP contribution is -2.33. The van der Waals surface area contributed by atoms with Crippen LogP contribution in [0.4, 0.5) is 0 Å². The van der Waals surface area contributed by atoms with Gasteiger partial charge in [0.05, 0.1) is 0 Å². The SMILES string of the molecule is Cc1ccc2sc3c(c2c1)CN(CCc1c(C)nc2ccccn2c1=O)CC3. The Hall–Kier alpha value is -2.50. The van der Waals surface area contributed by atoms with E-state index in [9.17, 15) is 4.79 Å². The Morgan fingerprint density at radius 3 is 2.96 bits per heavy atom. The first kappa shape index (κ1) is 17.6. The molecule has 1 aromatic carbocycles. The topological polar surface area (TPSA) is 37.6 Å². The lowest BCUT2D eigenvalue weighted by molar-refractivity contribution is 0.260. The van der Waals surface area contributed by atoms with Gasteiger partial charge in [-0.25, -0.2) is 4.98 Å². The molecular formula is C23H23N3OS. The van der Waals surface area contributed by atoms with E-state index in [0.717, 1.165) is 49.4 Å². The second kappa shape index (κ2) is 6.83.